The SMILES string of the molecule is CCNC(=O)Nc1ccc(C)c(OC)c1. The first-order valence-electron chi connectivity index (χ1n) is 4.87. The molecule has 82 valence electrons. The van der Waals surface area contributed by atoms with Crippen LogP contribution in [0.1, 0.15) is 12.5 Å². The highest BCUT2D eigenvalue weighted by Crippen LogP contribution is 2.21. The summed E-state index contributed by atoms with van der Waals surface area (Å²) in [7, 11) is 1.61. The van der Waals surface area contributed by atoms with Gasteiger partial charge in [0.2, 0.25) is 0 Å². The first kappa shape index (κ1) is 11.4. The molecule has 0 aliphatic heterocycles. The van der Waals surface area contributed by atoms with E-state index in [0.29, 0.717) is 6.54 Å². The second-order valence-electron chi connectivity index (χ2n) is 3.17. The zero-order chi connectivity index (χ0) is 11.3. The maximum absolute atomic E-state index is 11.2. The van der Waals surface area contributed by atoms with Crippen molar-refractivity contribution in [2.24, 2.45) is 0 Å². The second kappa shape index (κ2) is 5.24. The number of rotatable bonds is 3. The van der Waals surface area contributed by atoms with Crippen LogP contribution in [-0.2, 0) is 0 Å². The van der Waals surface area contributed by atoms with Crippen LogP contribution >= 0.6 is 0 Å². The molecule has 0 saturated heterocycles. The normalized spacial score (nSPS) is 9.53. The van der Waals surface area contributed by atoms with Gasteiger partial charge in [0.1, 0.15) is 5.75 Å². The minimum atomic E-state index is -0.205. The van der Waals surface area contributed by atoms with Crippen molar-refractivity contribution in [3.63, 3.8) is 0 Å². The van der Waals surface area contributed by atoms with E-state index < -0.39 is 0 Å². The van der Waals surface area contributed by atoms with Crippen molar-refractivity contribution in [3.8, 4) is 5.75 Å². The van der Waals surface area contributed by atoms with E-state index in [9.17, 15) is 4.79 Å². The summed E-state index contributed by atoms with van der Waals surface area (Å²) >= 11 is 0. The van der Waals surface area contributed by atoms with Gasteiger partial charge in [-0.3, -0.25) is 0 Å². The summed E-state index contributed by atoms with van der Waals surface area (Å²) in [5.74, 6) is 0.768. The van der Waals surface area contributed by atoms with Gasteiger partial charge in [-0.1, -0.05) is 6.07 Å². The van der Waals surface area contributed by atoms with Crippen molar-refractivity contribution in [1.29, 1.82) is 0 Å². The molecule has 0 aliphatic carbocycles. The summed E-state index contributed by atoms with van der Waals surface area (Å²) in [4.78, 5) is 11.2. The number of urea groups is 1. The number of ether oxygens (including phenoxy) is 1. The smallest absolute Gasteiger partial charge is 0.319 e. The molecule has 2 amide bonds. The van der Waals surface area contributed by atoms with Gasteiger partial charge in [-0.25, -0.2) is 4.79 Å². The molecule has 0 fully saturated rings. The summed E-state index contributed by atoms with van der Waals surface area (Å²) in [6.07, 6.45) is 0. The fourth-order valence-electron chi connectivity index (χ4n) is 1.23. The van der Waals surface area contributed by atoms with Gasteiger partial charge in [-0.05, 0) is 25.5 Å². The molecule has 2 N–H and O–H groups in total. The number of hydrogen-bond acceptors (Lipinski definition) is 2. The van der Waals surface area contributed by atoms with E-state index in [1.165, 1.54) is 0 Å². The standard InChI is InChI=1S/C11H16N2O2/c1-4-12-11(14)13-9-6-5-8(2)10(7-9)15-3/h5-7H,4H2,1-3H3,(H2,12,13,14). The van der Waals surface area contributed by atoms with E-state index in [2.05, 4.69) is 10.6 Å². The van der Waals surface area contributed by atoms with Crippen LogP contribution in [0.3, 0.4) is 0 Å². The highest BCUT2D eigenvalue weighted by atomic mass is 16.5. The number of carbonyl (C=O) groups is 1. The van der Waals surface area contributed by atoms with Crippen molar-refractivity contribution < 1.29 is 9.53 Å². The van der Waals surface area contributed by atoms with Gasteiger partial charge < -0.3 is 15.4 Å². The molecule has 15 heavy (non-hydrogen) atoms. The van der Waals surface area contributed by atoms with Gasteiger partial charge in [0.05, 0.1) is 7.11 Å². The molecule has 1 aromatic carbocycles. The number of anilines is 1. The Morgan fingerprint density at radius 1 is 1.47 bits per heavy atom. The van der Waals surface area contributed by atoms with E-state index in [4.69, 9.17) is 4.74 Å². The highest BCUT2D eigenvalue weighted by molar-refractivity contribution is 5.89. The van der Waals surface area contributed by atoms with Crippen molar-refractivity contribution in [1.82, 2.24) is 5.32 Å². The number of nitrogens with one attached hydrogen (secondary N) is 2. The molecule has 0 radical (unpaired) electrons. The van der Waals surface area contributed by atoms with E-state index in [0.717, 1.165) is 17.0 Å². The summed E-state index contributed by atoms with van der Waals surface area (Å²) in [5, 5.41) is 5.37. The van der Waals surface area contributed by atoms with Crippen LogP contribution in [0.5, 0.6) is 5.75 Å². The summed E-state index contributed by atoms with van der Waals surface area (Å²) in [6, 6.07) is 5.33. The second-order valence-corrected chi connectivity index (χ2v) is 3.17. The lowest BCUT2D eigenvalue weighted by Gasteiger charge is -2.09. The molecule has 4 nitrogen and oxygen atoms in total. The number of methoxy groups -OCH3 is 1. The first-order chi connectivity index (χ1) is 7.17. The van der Waals surface area contributed by atoms with Crippen LogP contribution in [-0.4, -0.2) is 19.7 Å². The molecule has 0 unspecified atom stereocenters. The molecule has 0 saturated carbocycles. The summed E-state index contributed by atoms with van der Waals surface area (Å²) in [6.45, 7) is 4.43. The number of amides is 2. The number of benzene rings is 1. The van der Waals surface area contributed by atoms with Crippen molar-refractivity contribution in [2.75, 3.05) is 19.0 Å². The number of carbonyl (C=O) groups excluding carboxylic acids is 1. The monoisotopic (exact) mass is 208 g/mol. The van der Waals surface area contributed by atoms with E-state index >= 15 is 0 Å². The molecule has 1 aromatic rings. The van der Waals surface area contributed by atoms with E-state index in [1.807, 2.05) is 26.0 Å². The van der Waals surface area contributed by atoms with Gasteiger partial charge in [-0.15, -0.1) is 0 Å². The minimum absolute atomic E-state index is 0.205. The molecule has 0 atom stereocenters. The lowest BCUT2D eigenvalue weighted by molar-refractivity contribution is 0.252. The average molecular weight is 208 g/mol. The predicted octanol–water partition coefficient (Wildman–Crippen LogP) is 2.15. The van der Waals surface area contributed by atoms with Gasteiger partial charge in [0.25, 0.3) is 0 Å². The molecule has 0 aromatic heterocycles. The molecule has 0 aliphatic rings. The summed E-state index contributed by atoms with van der Waals surface area (Å²) in [5.41, 5.74) is 1.77. The van der Waals surface area contributed by atoms with Crippen molar-refractivity contribution in [2.45, 2.75) is 13.8 Å². The first-order valence-corrected chi connectivity index (χ1v) is 4.87. The van der Waals surface area contributed by atoms with E-state index in [-0.39, 0.29) is 6.03 Å². The third-order valence-electron chi connectivity index (χ3n) is 2.00. The van der Waals surface area contributed by atoms with Gasteiger partial charge in [-0.2, -0.15) is 0 Å². The fourth-order valence-corrected chi connectivity index (χ4v) is 1.23. The molecule has 0 spiro atoms. The van der Waals surface area contributed by atoms with Crippen LogP contribution in [0, 0.1) is 6.92 Å². The minimum Gasteiger partial charge on any atom is -0.496 e. The molecule has 0 heterocycles. The topological polar surface area (TPSA) is 50.4 Å². The third-order valence-corrected chi connectivity index (χ3v) is 2.00. The number of hydrogen-bond donors (Lipinski definition) is 2. The third kappa shape index (κ3) is 3.16. The molecule has 0 bridgehead atoms. The quantitative estimate of drug-likeness (QED) is 0.799. The Morgan fingerprint density at radius 2 is 2.20 bits per heavy atom. The Labute approximate surface area is 89.6 Å². The highest BCUT2D eigenvalue weighted by Gasteiger charge is 2.03. The largest absolute Gasteiger partial charge is 0.496 e. The van der Waals surface area contributed by atoms with Crippen LogP contribution in [0.2, 0.25) is 0 Å². The lowest BCUT2D eigenvalue weighted by Crippen LogP contribution is -2.28. The zero-order valence-corrected chi connectivity index (χ0v) is 9.26. The summed E-state index contributed by atoms with van der Waals surface area (Å²) < 4.78 is 5.16. The molecular weight excluding hydrogens is 192 g/mol. The maximum Gasteiger partial charge on any atom is 0.319 e. The van der Waals surface area contributed by atoms with Gasteiger partial charge in [0, 0.05) is 18.3 Å². The molecule has 4 heteroatoms. The van der Waals surface area contributed by atoms with Gasteiger partial charge >= 0.3 is 6.03 Å². The Balaban J connectivity index is 2.74. The molecular formula is C11H16N2O2. The maximum atomic E-state index is 11.2. The van der Waals surface area contributed by atoms with Gasteiger partial charge in [0.15, 0.2) is 0 Å². The zero-order valence-electron chi connectivity index (χ0n) is 9.26. The number of aryl methyl sites for hydroxylation is 1. The van der Waals surface area contributed by atoms with Crippen molar-refractivity contribution in [3.05, 3.63) is 23.8 Å². The van der Waals surface area contributed by atoms with Crippen LogP contribution in [0.25, 0.3) is 0 Å². The lowest BCUT2D eigenvalue weighted by atomic mass is 10.2. The molecule has 1 rings (SSSR count). The Kier molecular flexibility index (Phi) is 3.97. The van der Waals surface area contributed by atoms with Crippen LogP contribution in [0.15, 0.2) is 18.2 Å². The Hall–Kier alpha value is -1.71. The average Bonchev–Trinajstić information content (AvgIpc) is 2.21. The van der Waals surface area contributed by atoms with Crippen LogP contribution in [0.4, 0.5) is 10.5 Å². The fraction of sp³-hybridized carbons (Fsp3) is 0.364. The van der Waals surface area contributed by atoms with Crippen molar-refractivity contribution >= 4 is 11.7 Å². The predicted molar refractivity (Wildman–Crippen MR) is 60.4 cm³/mol. The Morgan fingerprint density at radius 3 is 2.80 bits per heavy atom. The van der Waals surface area contributed by atoms with Crippen LogP contribution < -0.4 is 15.4 Å². The Bertz CT molecular complexity index is 350. The van der Waals surface area contributed by atoms with E-state index in [1.54, 1.807) is 13.2 Å².